The second-order valence-corrected chi connectivity index (χ2v) is 3.45. The highest BCUT2D eigenvalue weighted by Crippen LogP contribution is 2.36. The van der Waals surface area contributed by atoms with Gasteiger partial charge >= 0.3 is 0 Å². The maximum Gasteiger partial charge on any atom is 0.248 e. The van der Waals surface area contributed by atoms with Crippen LogP contribution in [0.5, 0.6) is 11.5 Å². The zero-order chi connectivity index (χ0) is 10.3. The molecule has 3 nitrogen and oxygen atoms in total. The number of rotatable bonds is 2. The van der Waals surface area contributed by atoms with Gasteiger partial charge < -0.3 is 9.94 Å². The Kier molecular flexibility index (Phi) is 1.66. The molecule has 2 aromatic carbocycles. The van der Waals surface area contributed by atoms with Gasteiger partial charge in [0.2, 0.25) is 17.1 Å². The van der Waals surface area contributed by atoms with E-state index in [1.807, 2.05) is 48.5 Å². The molecule has 0 spiro atoms. The fourth-order valence-electron chi connectivity index (χ4n) is 1.71. The Bertz CT molecular complexity index is 474. The van der Waals surface area contributed by atoms with E-state index in [1.54, 1.807) is 0 Å². The van der Waals surface area contributed by atoms with Crippen molar-refractivity contribution in [2.75, 3.05) is 0 Å². The normalized spacial score (nSPS) is 13.3. The molecule has 1 aliphatic rings. The minimum atomic E-state index is 0.337. The lowest BCUT2D eigenvalue weighted by Gasteiger charge is -2.25. The van der Waals surface area contributed by atoms with Crippen molar-refractivity contribution in [1.82, 2.24) is 0 Å². The number of phenols is 1. The molecule has 0 amide bonds. The van der Waals surface area contributed by atoms with Crippen LogP contribution in [0.4, 0.5) is 11.4 Å². The number of benzene rings is 2. The van der Waals surface area contributed by atoms with Crippen LogP contribution in [-0.4, -0.2) is 5.11 Å². The van der Waals surface area contributed by atoms with Gasteiger partial charge in [0.25, 0.3) is 0 Å². The number of hydrogen-bond acceptors (Lipinski definition) is 2. The van der Waals surface area contributed by atoms with Gasteiger partial charge in [-0.3, -0.25) is 0 Å². The number of aromatic hydroxyl groups is 1. The average Bonchev–Trinajstić information content (AvgIpc) is 2.32. The third kappa shape index (κ3) is 1.17. The molecule has 0 saturated carbocycles. The van der Waals surface area contributed by atoms with E-state index in [-0.39, 0.29) is 0 Å². The van der Waals surface area contributed by atoms with E-state index in [0.717, 1.165) is 22.2 Å². The minimum Gasteiger partial charge on any atom is -0.498 e. The lowest BCUT2D eigenvalue weighted by atomic mass is 10.1. The molecule has 1 aliphatic heterocycles. The quantitative estimate of drug-likeness (QED) is 0.721. The summed E-state index contributed by atoms with van der Waals surface area (Å²) < 4.78 is 0. The summed E-state index contributed by atoms with van der Waals surface area (Å²) in [5.41, 5.74) is 1.58. The molecule has 15 heavy (non-hydrogen) atoms. The first kappa shape index (κ1) is 8.32. The van der Waals surface area contributed by atoms with Gasteiger partial charge in [0.1, 0.15) is 0 Å². The van der Waals surface area contributed by atoms with E-state index < -0.39 is 0 Å². The summed E-state index contributed by atoms with van der Waals surface area (Å²) >= 11 is 0. The van der Waals surface area contributed by atoms with Crippen LogP contribution < -0.4 is 9.90 Å². The highest BCUT2D eigenvalue weighted by atomic mass is 16.7. The number of phenolic OH excluding ortho intramolecular Hbond substituents is 1. The topological polar surface area (TPSA) is 33.9 Å². The van der Waals surface area contributed by atoms with E-state index in [4.69, 9.17) is 4.84 Å². The highest BCUT2D eigenvalue weighted by Gasteiger charge is 2.38. The summed E-state index contributed by atoms with van der Waals surface area (Å²) in [4.78, 5) is 5.67. The van der Waals surface area contributed by atoms with Crippen LogP contribution in [0.2, 0.25) is 0 Å². The molecular weight excluding hydrogens is 190 g/mol. The third-order valence-corrected chi connectivity index (χ3v) is 2.49. The van der Waals surface area contributed by atoms with Crippen molar-refractivity contribution in [3.8, 4) is 11.5 Å². The van der Waals surface area contributed by atoms with Crippen molar-refractivity contribution in [2.45, 2.75) is 0 Å². The minimum absolute atomic E-state index is 0.337. The zero-order valence-electron chi connectivity index (χ0n) is 7.97. The van der Waals surface area contributed by atoms with Crippen LogP contribution >= 0.6 is 0 Å². The van der Waals surface area contributed by atoms with Gasteiger partial charge in [-0.2, -0.15) is 0 Å². The first-order valence-corrected chi connectivity index (χ1v) is 4.79. The molecule has 0 saturated heterocycles. The fraction of sp³-hybridized carbons (Fsp3) is 0. The molecule has 2 bridgehead atoms. The maximum atomic E-state index is 9.54. The first-order chi connectivity index (χ1) is 7.36. The van der Waals surface area contributed by atoms with E-state index in [2.05, 4.69) is 0 Å². The van der Waals surface area contributed by atoms with E-state index in [0.29, 0.717) is 5.75 Å². The van der Waals surface area contributed by atoms with Crippen LogP contribution in [-0.2, 0) is 0 Å². The lowest BCUT2D eigenvalue weighted by molar-refractivity contribution is -0.960. The molecule has 1 heterocycles. The third-order valence-electron chi connectivity index (χ3n) is 2.49. The Morgan fingerprint density at radius 3 is 2.13 bits per heavy atom. The SMILES string of the molecule is Oc1c2cccc1[NH+]2Oc1ccccc1. The van der Waals surface area contributed by atoms with Gasteiger partial charge in [-0.05, 0) is 18.2 Å². The van der Waals surface area contributed by atoms with E-state index in [1.165, 1.54) is 0 Å². The Morgan fingerprint density at radius 2 is 1.53 bits per heavy atom. The molecule has 0 atom stereocenters. The molecule has 0 aromatic heterocycles. The number of para-hydroxylation sites is 2. The zero-order valence-corrected chi connectivity index (χ0v) is 7.97. The second-order valence-electron chi connectivity index (χ2n) is 3.45. The summed E-state index contributed by atoms with van der Waals surface area (Å²) in [7, 11) is 0. The van der Waals surface area contributed by atoms with E-state index in [9.17, 15) is 5.11 Å². The van der Waals surface area contributed by atoms with Crippen LogP contribution in [0.15, 0.2) is 48.5 Å². The van der Waals surface area contributed by atoms with Gasteiger partial charge in [0.05, 0.1) is 0 Å². The van der Waals surface area contributed by atoms with Crippen molar-refractivity contribution in [2.24, 2.45) is 0 Å². The van der Waals surface area contributed by atoms with Crippen molar-refractivity contribution in [1.29, 1.82) is 0 Å². The van der Waals surface area contributed by atoms with Gasteiger partial charge in [0, 0.05) is 12.1 Å². The van der Waals surface area contributed by atoms with Crippen molar-refractivity contribution < 1.29 is 15.0 Å². The molecule has 2 aromatic rings. The molecule has 3 rings (SSSR count). The Hall–Kier alpha value is -2.00. The monoisotopic (exact) mass is 200 g/mol. The van der Waals surface area contributed by atoms with Crippen LogP contribution in [0.25, 0.3) is 0 Å². The highest BCUT2D eigenvalue weighted by molar-refractivity contribution is 5.66. The molecule has 0 aliphatic carbocycles. The Morgan fingerprint density at radius 1 is 0.867 bits per heavy atom. The maximum absolute atomic E-state index is 9.54. The average molecular weight is 200 g/mol. The predicted octanol–water partition coefficient (Wildman–Crippen LogP) is 1.55. The molecule has 0 radical (unpaired) electrons. The Labute approximate surface area is 87.1 Å². The summed E-state index contributed by atoms with van der Waals surface area (Å²) in [5, 5.41) is 10.3. The Balaban J connectivity index is 1.85. The standard InChI is InChI=1S/C12H9NO2/c14-12-10-7-4-8-11(12)13(10)15-9-5-2-1-3-6-9/h1-8,14H/p+1. The van der Waals surface area contributed by atoms with E-state index >= 15 is 0 Å². The van der Waals surface area contributed by atoms with Gasteiger partial charge in [-0.15, -0.1) is 0 Å². The number of nitrogens with one attached hydrogen (secondary N) is 1. The molecule has 3 heteroatoms. The first-order valence-electron chi connectivity index (χ1n) is 4.79. The summed E-state index contributed by atoms with van der Waals surface area (Å²) in [5.74, 6) is 1.13. The smallest absolute Gasteiger partial charge is 0.248 e. The molecule has 0 fully saturated rings. The molecule has 0 unspecified atom stereocenters. The second kappa shape index (κ2) is 3.00. The predicted molar refractivity (Wildman–Crippen MR) is 55.5 cm³/mol. The van der Waals surface area contributed by atoms with Crippen LogP contribution in [0.3, 0.4) is 0 Å². The van der Waals surface area contributed by atoms with Crippen LogP contribution in [0, 0.1) is 0 Å². The fourth-order valence-corrected chi connectivity index (χ4v) is 1.71. The van der Waals surface area contributed by atoms with Crippen molar-refractivity contribution in [3.05, 3.63) is 48.5 Å². The number of quaternary nitrogens is 1. The van der Waals surface area contributed by atoms with Crippen molar-refractivity contribution >= 4 is 11.4 Å². The van der Waals surface area contributed by atoms with Crippen molar-refractivity contribution in [3.63, 3.8) is 0 Å². The number of fused-ring (bicyclic) bond motifs is 2. The molecule has 74 valence electrons. The van der Waals surface area contributed by atoms with Gasteiger partial charge in [-0.1, -0.05) is 23.3 Å². The molecular formula is C12H10NO2+. The molecule has 2 N–H and O–H groups in total. The summed E-state index contributed by atoms with van der Waals surface area (Å²) in [6.07, 6.45) is 0. The van der Waals surface area contributed by atoms with Crippen LogP contribution in [0.1, 0.15) is 0 Å². The summed E-state index contributed by atoms with van der Waals surface area (Å²) in [6.45, 7) is 0. The van der Waals surface area contributed by atoms with Gasteiger partial charge in [0.15, 0.2) is 5.75 Å². The number of hydrogen-bond donors (Lipinski definition) is 2. The largest absolute Gasteiger partial charge is 0.498 e. The van der Waals surface area contributed by atoms with Gasteiger partial charge in [-0.25, -0.2) is 0 Å². The lowest BCUT2D eigenvalue weighted by Crippen LogP contribution is -3.07. The summed E-state index contributed by atoms with van der Waals surface area (Å²) in [6, 6.07) is 15.2.